The Morgan fingerprint density at radius 1 is 1.31 bits per heavy atom. The first-order chi connectivity index (χ1) is 12.8. The molecule has 0 radical (unpaired) electrons. The van der Waals surface area contributed by atoms with Crippen LogP contribution < -0.4 is 0 Å². The number of ether oxygens (including phenoxy) is 1. The molecule has 0 spiro atoms. The van der Waals surface area contributed by atoms with Crippen LogP contribution in [0.25, 0.3) is 0 Å². The van der Waals surface area contributed by atoms with Crippen molar-refractivity contribution < 1.29 is 9.15 Å². The molecule has 0 bridgehead atoms. The van der Waals surface area contributed by atoms with Crippen LogP contribution in [0.2, 0.25) is 0 Å². The molecule has 0 unspecified atom stereocenters. The summed E-state index contributed by atoms with van der Waals surface area (Å²) in [7, 11) is 1.92. The van der Waals surface area contributed by atoms with Crippen LogP contribution in [-0.2, 0) is 24.9 Å². The Hall–Kier alpha value is -2.17. The Bertz CT molecular complexity index is 904. The van der Waals surface area contributed by atoms with Gasteiger partial charge in [0.1, 0.15) is 12.1 Å². The van der Waals surface area contributed by atoms with Crippen LogP contribution in [0.4, 0.5) is 0 Å². The zero-order valence-electron chi connectivity index (χ0n) is 14.4. The summed E-state index contributed by atoms with van der Waals surface area (Å²) in [6, 6.07) is 4.24. The molecule has 5 rings (SSSR count). The number of nitrogens with zero attached hydrogens (tertiary/aromatic N) is 7. The van der Waals surface area contributed by atoms with Gasteiger partial charge in [0.15, 0.2) is 10.2 Å². The monoisotopic (exact) mass is 373 g/mol. The summed E-state index contributed by atoms with van der Waals surface area (Å²) in [5, 5.41) is 17.9. The summed E-state index contributed by atoms with van der Waals surface area (Å²) < 4.78 is 15.8. The molecule has 2 aliphatic rings. The van der Waals surface area contributed by atoms with E-state index in [-0.39, 0.29) is 12.1 Å². The van der Waals surface area contributed by atoms with Crippen molar-refractivity contribution in [1.82, 2.24) is 34.7 Å². The smallest absolute Gasteiger partial charge is 0.198 e. The zero-order valence-corrected chi connectivity index (χ0v) is 15.2. The van der Waals surface area contributed by atoms with Crippen LogP contribution >= 0.6 is 11.8 Å². The predicted molar refractivity (Wildman–Crippen MR) is 91.4 cm³/mol. The van der Waals surface area contributed by atoms with E-state index in [1.807, 2.05) is 28.4 Å². The minimum Gasteiger partial charge on any atom is -0.453 e. The maximum atomic E-state index is 5.98. The fraction of sp³-hybridized carbons (Fsp3) is 0.500. The number of fused-ring (bicyclic) bond motifs is 3. The second kappa shape index (κ2) is 6.53. The van der Waals surface area contributed by atoms with Crippen molar-refractivity contribution >= 4 is 11.8 Å². The van der Waals surface area contributed by atoms with E-state index >= 15 is 0 Å². The molecule has 1 fully saturated rings. The van der Waals surface area contributed by atoms with E-state index < -0.39 is 0 Å². The number of likely N-dealkylation sites (tertiary alicyclic amines) is 1. The summed E-state index contributed by atoms with van der Waals surface area (Å²) in [5.74, 6) is 0.948. The standard InChI is InChI=1S/C16H19N7O2S/c1-21-10-18-19-16(21)26-15-3-2-12(25-15)7-22-5-4-14-13(8-22)23-11(9-24-14)6-17-20-23/h2-3,6,10,13-14H,4-5,7-9H2,1H3/t13-,14-/m0/s1. The SMILES string of the molecule is Cn1cnnc1Sc1ccc(CN2CC[C@@H]3OCc4cnnn4[C@H]3C2)o1. The van der Waals surface area contributed by atoms with Crippen molar-refractivity contribution in [2.75, 3.05) is 13.1 Å². The molecule has 0 amide bonds. The molecule has 5 heterocycles. The molecule has 0 aliphatic carbocycles. The maximum Gasteiger partial charge on any atom is 0.198 e. The number of hydrogen-bond donors (Lipinski definition) is 0. The second-order valence-corrected chi connectivity index (χ2v) is 7.63. The molecular weight excluding hydrogens is 354 g/mol. The molecule has 0 saturated carbocycles. The summed E-state index contributed by atoms with van der Waals surface area (Å²) in [6.45, 7) is 3.24. The van der Waals surface area contributed by atoms with Crippen LogP contribution in [0, 0.1) is 0 Å². The molecule has 2 atom stereocenters. The summed E-state index contributed by atoms with van der Waals surface area (Å²) in [6.07, 6.45) is 4.68. The molecule has 136 valence electrons. The zero-order chi connectivity index (χ0) is 17.5. The topological polar surface area (TPSA) is 87.0 Å². The fourth-order valence-electron chi connectivity index (χ4n) is 3.56. The number of hydrogen-bond acceptors (Lipinski definition) is 8. The molecule has 9 nitrogen and oxygen atoms in total. The van der Waals surface area contributed by atoms with Gasteiger partial charge in [0.25, 0.3) is 0 Å². The molecule has 3 aromatic rings. The quantitative estimate of drug-likeness (QED) is 0.680. The Morgan fingerprint density at radius 3 is 3.15 bits per heavy atom. The highest BCUT2D eigenvalue weighted by atomic mass is 32.2. The van der Waals surface area contributed by atoms with Crippen molar-refractivity contribution in [2.45, 2.75) is 42.0 Å². The van der Waals surface area contributed by atoms with Gasteiger partial charge < -0.3 is 13.7 Å². The van der Waals surface area contributed by atoms with E-state index in [2.05, 4.69) is 25.4 Å². The van der Waals surface area contributed by atoms with E-state index in [0.717, 1.165) is 47.8 Å². The molecule has 0 aromatic carbocycles. The third kappa shape index (κ3) is 2.93. The van der Waals surface area contributed by atoms with Gasteiger partial charge in [-0.15, -0.1) is 15.3 Å². The molecule has 10 heteroatoms. The first-order valence-electron chi connectivity index (χ1n) is 8.60. The van der Waals surface area contributed by atoms with Gasteiger partial charge in [0, 0.05) is 20.1 Å². The summed E-state index contributed by atoms with van der Waals surface area (Å²) in [4.78, 5) is 2.39. The number of aromatic nitrogens is 6. The molecular formula is C16H19N7O2S. The van der Waals surface area contributed by atoms with E-state index in [9.17, 15) is 0 Å². The number of aryl methyl sites for hydroxylation is 1. The van der Waals surface area contributed by atoms with Crippen molar-refractivity contribution in [1.29, 1.82) is 0 Å². The molecule has 3 aromatic heterocycles. The van der Waals surface area contributed by atoms with Gasteiger partial charge in [0.2, 0.25) is 0 Å². The van der Waals surface area contributed by atoms with Crippen LogP contribution in [0.5, 0.6) is 0 Å². The fourth-order valence-corrected chi connectivity index (χ4v) is 4.31. The van der Waals surface area contributed by atoms with Crippen molar-refractivity contribution in [3.8, 4) is 0 Å². The lowest BCUT2D eigenvalue weighted by Gasteiger charge is -2.40. The van der Waals surface area contributed by atoms with E-state index in [1.54, 1.807) is 12.5 Å². The van der Waals surface area contributed by atoms with Gasteiger partial charge in [-0.1, -0.05) is 5.21 Å². The second-order valence-electron chi connectivity index (χ2n) is 6.66. The van der Waals surface area contributed by atoms with Crippen molar-refractivity contribution in [3.05, 3.63) is 36.1 Å². The van der Waals surface area contributed by atoms with Gasteiger partial charge in [-0.2, -0.15) is 0 Å². The average Bonchev–Trinajstić information content (AvgIpc) is 3.37. The Morgan fingerprint density at radius 2 is 2.27 bits per heavy atom. The Kier molecular flexibility index (Phi) is 4.03. The predicted octanol–water partition coefficient (Wildman–Crippen LogP) is 1.50. The van der Waals surface area contributed by atoms with E-state index in [0.29, 0.717) is 6.61 Å². The van der Waals surface area contributed by atoms with Crippen LogP contribution in [0.3, 0.4) is 0 Å². The Balaban J connectivity index is 1.26. The van der Waals surface area contributed by atoms with Crippen molar-refractivity contribution in [3.63, 3.8) is 0 Å². The van der Waals surface area contributed by atoms with E-state index in [1.165, 1.54) is 11.8 Å². The third-order valence-corrected chi connectivity index (χ3v) is 5.86. The minimum absolute atomic E-state index is 0.220. The highest BCUT2D eigenvalue weighted by molar-refractivity contribution is 7.99. The van der Waals surface area contributed by atoms with Crippen molar-refractivity contribution in [2.24, 2.45) is 7.05 Å². The summed E-state index contributed by atoms with van der Waals surface area (Å²) >= 11 is 1.48. The largest absolute Gasteiger partial charge is 0.453 e. The van der Waals surface area contributed by atoms with Gasteiger partial charge in [-0.25, -0.2) is 4.68 Å². The number of rotatable bonds is 4. The van der Waals surface area contributed by atoms with Crippen LogP contribution in [-0.4, -0.2) is 53.9 Å². The molecule has 1 saturated heterocycles. The van der Waals surface area contributed by atoms with Crippen LogP contribution in [0.1, 0.15) is 23.9 Å². The van der Waals surface area contributed by atoms with E-state index in [4.69, 9.17) is 9.15 Å². The normalized spacial score (nSPS) is 23.0. The minimum atomic E-state index is 0.220. The first kappa shape index (κ1) is 16.0. The average molecular weight is 373 g/mol. The highest BCUT2D eigenvalue weighted by Crippen LogP contribution is 2.32. The lowest BCUT2D eigenvalue weighted by molar-refractivity contribution is -0.0678. The van der Waals surface area contributed by atoms with Gasteiger partial charge in [-0.3, -0.25) is 4.90 Å². The van der Waals surface area contributed by atoms with Gasteiger partial charge in [-0.05, 0) is 30.3 Å². The highest BCUT2D eigenvalue weighted by Gasteiger charge is 2.36. The summed E-state index contributed by atoms with van der Waals surface area (Å²) in [5.41, 5.74) is 1.05. The maximum absolute atomic E-state index is 5.98. The van der Waals surface area contributed by atoms with Gasteiger partial charge in [0.05, 0.1) is 37.2 Å². The lowest BCUT2D eigenvalue weighted by atomic mass is 10.0. The molecule has 0 N–H and O–H groups in total. The lowest BCUT2D eigenvalue weighted by Crippen LogP contribution is -2.47. The van der Waals surface area contributed by atoms with Crippen LogP contribution in [0.15, 0.2) is 39.3 Å². The Labute approximate surface area is 154 Å². The molecule has 26 heavy (non-hydrogen) atoms. The first-order valence-corrected chi connectivity index (χ1v) is 9.41. The number of piperidine rings is 1. The number of furan rings is 1. The van der Waals surface area contributed by atoms with Gasteiger partial charge >= 0.3 is 0 Å². The third-order valence-electron chi connectivity index (χ3n) is 4.89. The molecule has 2 aliphatic heterocycles.